The number of amides is 1. The van der Waals surface area contributed by atoms with Gasteiger partial charge in [-0.3, -0.25) is 9.69 Å². The lowest BCUT2D eigenvalue weighted by molar-refractivity contribution is 0.0910. The maximum Gasteiger partial charge on any atom is 0.287 e. The molecular formula is C18H23ClN2O3. The van der Waals surface area contributed by atoms with Gasteiger partial charge in [-0.05, 0) is 55.8 Å². The van der Waals surface area contributed by atoms with Crippen LogP contribution in [0.5, 0.6) is 5.75 Å². The van der Waals surface area contributed by atoms with E-state index in [2.05, 4.69) is 22.3 Å². The molecule has 0 spiro atoms. The first-order chi connectivity index (χ1) is 11.3. The molecule has 1 aromatic heterocycles. The fourth-order valence-corrected chi connectivity index (χ4v) is 3.02. The molecule has 0 bridgehead atoms. The molecule has 1 aliphatic rings. The van der Waals surface area contributed by atoms with E-state index in [4.69, 9.17) is 9.15 Å². The number of nitrogens with one attached hydrogen (secondary N) is 1. The van der Waals surface area contributed by atoms with Crippen LogP contribution in [0.2, 0.25) is 0 Å². The third-order valence-corrected chi connectivity index (χ3v) is 4.28. The second kappa shape index (κ2) is 8.76. The Morgan fingerprint density at radius 3 is 2.54 bits per heavy atom. The lowest BCUT2D eigenvalue weighted by atomic mass is 10.1. The second-order valence-corrected chi connectivity index (χ2v) is 5.72. The molecule has 0 aliphatic carbocycles. The van der Waals surface area contributed by atoms with Gasteiger partial charge in [-0.1, -0.05) is 12.1 Å². The van der Waals surface area contributed by atoms with Crippen molar-refractivity contribution < 1.29 is 13.9 Å². The Kier molecular flexibility index (Phi) is 6.70. The fraction of sp³-hybridized carbons (Fsp3) is 0.389. The maximum absolute atomic E-state index is 12.1. The number of hydrogen-bond donors (Lipinski definition) is 1. The van der Waals surface area contributed by atoms with E-state index < -0.39 is 0 Å². The summed E-state index contributed by atoms with van der Waals surface area (Å²) < 4.78 is 10.4. The highest BCUT2D eigenvalue weighted by atomic mass is 35.5. The molecule has 3 rings (SSSR count). The Bertz CT molecular complexity index is 622. The minimum absolute atomic E-state index is 0. The van der Waals surface area contributed by atoms with Crippen molar-refractivity contribution in [3.8, 4) is 5.75 Å². The Morgan fingerprint density at radius 1 is 1.25 bits per heavy atom. The molecule has 1 atom stereocenters. The Morgan fingerprint density at radius 2 is 1.96 bits per heavy atom. The molecular weight excluding hydrogens is 328 g/mol. The van der Waals surface area contributed by atoms with Crippen LogP contribution >= 0.6 is 12.4 Å². The van der Waals surface area contributed by atoms with Crippen molar-refractivity contribution in [3.05, 3.63) is 54.0 Å². The molecule has 1 fully saturated rings. The molecule has 2 heterocycles. The van der Waals surface area contributed by atoms with Crippen LogP contribution in [0.15, 0.2) is 47.1 Å². The van der Waals surface area contributed by atoms with Gasteiger partial charge in [0.2, 0.25) is 0 Å². The number of ether oxygens (including phenoxy) is 1. The molecule has 1 unspecified atom stereocenters. The van der Waals surface area contributed by atoms with Crippen LogP contribution < -0.4 is 10.1 Å². The van der Waals surface area contributed by atoms with E-state index in [1.54, 1.807) is 19.2 Å². The van der Waals surface area contributed by atoms with Gasteiger partial charge >= 0.3 is 0 Å². The van der Waals surface area contributed by atoms with Crippen LogP contribution in [0.1, 0.15) is 35.0 Å². The molecule has 6 heteroatoms. The summed E-state index contributed by atoms with van der Waals surface area (Å²) in [6, 6.07) is 11.6. The highest BCUT2D eigenvalue weighted by Gasteiger charge is 2.24. The molecule has 2 aromatic rings. The number of furan rings is 1. The molecule has 1 aliphatic heterocycles. The van der Waals surface area contributed by atoms with Gasteiger partial charge < -0.3 is 14.5 Å². The highest BCUT2D eigenvalue weighted by Crippen LogP contribution is 2.26. The Hall–Kier alpha value is -1.98. The first-order valence-corrected chi connectivity index (χ1v) is 7.97. The van der Waals surface area contributed by atoms with E-state index in [-0.39, 0.29) is 24.4 Å². The van der Waals surface area contributed by atoms with Crippen LogP contribution in [0, 0.1) is 0 Å². The molecule has 1 N–H and O–H groups in total. The van der Waals surface area contributed by atoms with Gasteiger partial charge in [0.15, 0.2) is 5.76 Å². The zero-order valence-electron chi connectivity index (χ0n) is 13.7. The number of nitrogens with zero attached hydrogens (tertiary/aromatic N) is 1. The van der Waals surface area contributed by atoms with Gasteiger partial charge in [0.05, 0.1) is 19.4 Å². The number of benzene rings is 1. The Labute approximate surface area is 148 Å². The summed E-state index contributed by atoms with van der Waals surface area (Å²) >= 11 is 0. The molecule has 130 valence electrons. The van der Waals surface area contributed by atoms with Gasteiger partial charge in [-0.15, -0.1) is 12.4 Å². The van der Waals surface area contributed by atoms with Gasteiger partial charge in [-0.25, -0.2) is 0 Å². The summed E-state index contributed by atoms with van der Waals surface area (Å²) in [5, 5.41) is 2.98. The van der Waals surface area contributed by atoms with Gasteiger partial charge in [0, 0.05) is 6.54 Å². The van der Waals surface area contributed by atoms with E-state index in [9.17, 15) is 4.79 Å². The number of rotatable bonds is 6. The van der Waals surface area contributed by atoms with Crippen LogP contribution in [-0.2, 0) is 0 Å². The fourth-order valence-electron chi connectivity index (χ4n) is 3.02. The third kappa shape index (κ3) is 4.30. The van der Waals surface area contributed by atoms with E-state index in [1.807, 2.05) is 12.1 Å². The standard InChI is InChI=1S/C18H22N2O3.ClH/c1-22-15-8-6-14(7-9-15)16(20-10-2-3-11-20)13-19-18(21)17-5-4-12-23-17;/h4-9,12,16H,2-3,10-11,13H2,1H3,(H,19,21);1H. The molecule has 24 heavy (non-hydrogen) atoms. The normalized spacial score (nSPS) is 15.5. The van der Waals surface area contributed by atoms with Gasteiger partial charge in [-0.2, -0.15) is 0 Å². The average molecular weight is 351 g/mol. The van der Waals surface area contributed by atoms with E-state index in [0.717, 1.165) is 18.8 Å². The summed E-state index contributed by atoms with van der Waals surface area (Å²) in [5.74, 6) is 1.01. The van der Waals surface area contributed by atoms with E-state index in [0.29, 0.717) is 12.3 Å². The van der Waals surface area contributed by atoms with Crippen LogP contribution in [0.25, 0.3) is 0 Å². The summed E-state index contributed by atoms with van der Waals surface area (Å²) in [5.41, 5.74) is 1.19. The lowest BCUT2D eigenvalue weighted by Crippen LogP contribution is -2.36. The van der Waals surface area contributed by atoms with Crippen molar-refractivity contribution in [2.45, 2.75) is 18.9 Å². The molecule has 5 nitrogen and oxygen atoms in total. The van der Waals surface area contributed by atoms with Crippen molar-refractivity contribution in [1.82, 2.24) is 10.2 Å². The Balaban J connectivity index is 0.00000208. The van der Waals surface area contributed by atoms with Crippen molar-refractivity contribution >= 4 is 18.3 Å². The molecule has 0 saturated carbocycles. The quantitative estimate of drug-likeness (QED) is 0.868. The summed E-state index contributed by atoms with van der Waals surface area (Å²) in [4.78, 5) is 14.5. The number of methoxy groups -OCH3 is 1. The van der Waals surface area contributed by atoms with Crippen molar-refractivity contribution in [2.24, 2.45) is 0 Å². The second-order valence-electron chi connectivity index (χ2n) is 5.72. The average Bonchev–Trinajstić information content (AvgIpc) is 3.29. The molecule has 0 radical (unpaired) electrons. The number of halogens is 1. The minimum atomic E-state index is -0.173. The van der Waals surface area contributed by atoms with Crippen molar-refractivity contribution in [3.63, 3.8) is 0 Å². The number of hydrogen-bond acceptors (Lipinski definition) is 4. The van der Waals surface area contributed by atoms with Crippen LogP contribution in [-0.4, -0.2) is 37.6 Å². The van der Waals surface area contributed by atoms with Gasteiger partial charge in [0.25, 0.3) is 5.91 Å². The third-order valence-electron chi connectivity index (χ3n) is 4.28. The first kappa shape index (κ1) is 18.4. The van der Waals surface area contributed by atoms with Crippen LogP contribution in [0.3, 0.4) is 0 Å². The topological polar surface area (TPSA) is 54.7 Å². The number of likely N-dealkylation sites (tertiary alicyclic amines) is 1. The predicted molar refractivity (Wildman–Crippen MR) is 94.8 cm³/mol. The predicted octanol–water partition coefficient (Wildman–Crippen LogP) is 3.28. The maximum atomic E-state index is 12.1. The molecule has 1 amide bonds. The first-order valence-electron chi connectivity index (χ1n) is 7.97. The zero-order chi connectivity index (χ0) is 16.1. The smallest absolute Gasteiger partial charge is 0.287 e. The summed E-state index contributed by atoms with van der Waals surface area (Å²) in [7, 11) is 1.66. The van der Waals surface area contributed by atoms with Crippen molar-refractivity contribution in [1.29, 1.82) is 0 Å². The van der Waals surface area contributed by atoms with Crippen LogP contribution in [0.4, 0.5) is 0 Å². The minimum Gasteiger partial charge on any atom is -0.497 e. The molecule has 1 aromatic carbocycles. The lowest BCUT2D eigenvalue weighted by Gasteiger charge is -2.28. The van der Waals surface area contributed by atoms with E-state index in [1.165, 1.54) is 24.7 Å². The monoisotopic (exact) mass is 350 g/mol. The van der Waals surface area contributed by atoms with E-state index >= 15 is 0 Å². The SMILES string of the molecule is COc1ccc(C(CNC(=O)c2ccco2)N2CCCC2)cc1.Cl. The molecule has 1 saturated heterocycles. The zero-order valence-corrected chi connectivity index (χ0v) is 14.6. The number of carbonyl (C=O) groups is 1. The number of carbonyl (C=O) groups excluding carboxylic acids is 1. The van der Waals surface area contributed by atoms with Crippen molar-refractivity contribution in [2.75, 3.05) is 26.7 Å². The largest absolute Gasteiger partial charge is 0.497 e. The summed E-state index contributed by atoms with van der Waals surface area (Å²) in [6.45, 7) is 2.69. The highest BCUT2D eigenvalue weighted by molar-refractivity contribution is 5.91. The van der Waals surface area contributed by atoms with Gasteiger partial charge in [0.1, 0.15) is 5.75 Å². The summed E-state index contributed by atoms with van der Waals surface area (Å²) in [6.07, 6.45) is 3.92.